The highest BCUT2D eigenvalue weighted by atomic mass is 16.7. The van der Waals surface area contributed by atoms with Crippen LogP contribution in [0.4, 0.5) is 0 Å². The van der Waals surface area contributed by atoms with Gasteiger partial charge in [-0.25, -0.2) is 0 Å². The van der Waals surface area contributed by atoms with Crippen molar-refractivity contribution in [2.24, 2.45) is 7.05 Å². The molecule has 0 saturated carbocycles. The standard InChI is InChI=1S/C11H17N3O/c1-11(2,3)15-13-7-9-5-10(6-12)14(4)8-9/h5,8,13H,7H2,1-4H3. The minimum Gasteiger partial charge on any atom is -0.342 e. The number of hydrogen-bond acceptors (Lipinski definition) is 3. The molecule has 1 aromatic rings. The van der Waals surface area contributed by atoms with Gasteiger partial charge in [0.15, 0.2) is 0 Å². The number of nitrogens with one attached hydrogen (secondary N) is 1. The number of aryl methyl sites for hydroxylation is 1. The van der Waals surface area contributed by atoms with Crippen LogP contribution in [0.3, 0.4) is 0 Å². The average Bonchev–Trinajstić information content (AvgIpc) is 2.44. The van der Waals surface area contributed by atoms with Crippen molar-refractivity contribution in [3.05, 3.63) is 23.5 Å². The first-order chi connectivity index (χ1) is 6.92. The fourth-order valence-corrected chi connectivity index (χ4v) is 1.18. The number of aromatic nitrogens is 1. The second-order valence-electron chi connectivity index (χ2n) is 4.49. The third-order valence-corrected chi connectivity index (χ3v) is 1.83. The van der Waals surface area contributed by atoms with E-state index in [1.807, 2.05) is 40.1 Å². The molecule has 0 saturated heterocycles. The highest BCUT2D eigenvalue weighted by Gasteiger charge is 2.10. The van der Waals surface area contributed by atoms with Crippen LogP contribution in [0.15, 0.2) is 12.3 Å². The average molecular weight is 207 g/mol. The molecule has 1 heterocycles. The highest BCUT2D eigenvalue weighted by molar-refractivity contribution is 5.28. The van der Waals surface area contributed by atoms with E-state index in [9.17, 15) is 0 Å². The third-order valence-electron chi connectivity index (χ3n) is 1.83. The fraction of sp³-hybridized carbons (Fsp3) is 0.545. The predicted molar refractivity (Wildman–Crippen MR) is 57.8 cm³/mol. The molecular formula is C11H17N3O. The number of nitriles is 1. The first-order valence-corrected chi connectivity index (χ1v) is 4.88. The number of hydrogen-bond donors (Lipinski definition) is 1. The van der Waals surface area contributed by atoms with E-state index < -0.39 is 0 Å². The Hall–Kier alpha value is -1.31. The summed E-state index contributed by atoms with van der Waals surface area (Å²) < 4.78 is 1.80. The molecule has 0 bridgehead atoms. The van der Waals surface area contributed by atoms with Crippen molar-refractivity contribution in [3.63, 3.8) is 0 Å². The summed E-state index contributed by atoms with van der Waals surface area (Å²) in [6.07, 6.45) is 1.91. The molecule has 0 fully saturated rings. The molecule has 0 aliphatic carbocycles. The van der Waals surface area contributed by atoms with Crippen LogP contribution < -0.4 is 5.48 Å². The second kappa shape index (κ2) is 4.47. The Balaban J connectivity index is 2.49. The molecule has 4 heteroatoms. The van der Waals surface area contributed by atoms with Gasteiger partial charge in [-0.3, -0.25) is 4.84 Å². The van der Waals surface area contributed by atoms with Crippen LogP contribution >= 0.6 is 0 Å². The number of rotatable bonds is 3. The van der Waals surface area contributed by atoms with Gasteiger partial charge < -0.3 is 4.57 Å². The Labute approximate surface area is 90.4 Å². The summed E-state index contributed by atoms with van der Waals surface area (Å²) in [4.78, 5) is 5.37. The molecule has 1 rings (SSSR count). The van der Waals surface area contributed by atoms with Gasteiger partial charge in [0.25, 0.3) is 0 Å². The van der Waals surface area contributed by atoms with Gasteiger partial charge in [0.2, 0.25) is 0 Å². The number of nitrogens with zero attached hydrogens (tertiary/aromatic N) is 2. The SMILES string of the molecule is Cn1cc(CNOC(C)(C)C)cc1C#N. The summed E-state index contributed by atoms with van der Waals surface area (Å²) in [5, 5.41) is 8.76. The Morgan fingerprint density at radius 3 is 2.67 bits per heavy atom. The molecule has 1 N–H and O–H groups in total. The van der Waals surface area contributed by atoms with Crippen molar-refractivity contribution in [1.29, 1.82) is 5.26 Å². The molecule has 0 atom stereocenters. The normalized spacial score (nSPS) is 11.4. The van der Waals surface area contributed by atoms with E-state index in [1.165, 1.54) is 0 Å². The maximum absolute atomic E-state index is 8.76. The Bertz CT molecular complexity index is 368. The largest absolute Gasteiger partial charge is 0.342 e. The van der Waals surface area contributed by atoms with Gasteiger partial charge in [0.1, 0.15) is 11.8 Å². The second-order valence-corrected chi connectivity index (χ2v) is 4.49. The lowest BCUT2D eigenvalue weighted by molar-refractivity contribution is -0.0757. The van der Waals surface area contributed by atoms with Gasteiger partial charge >= 0.3 is 0 Å². The number of hydroxylamine groups is 1. The van der Waals surface area contributed by atoms with E-state index in [2.05, 4.69) is 11.5 Å². The minimum absolute atomic E-state index is 0.202. The minimum atomic E-state index is -0.202. The van der Waals surface area contributed by atoms with Gasteiger partial charge in [0.05, 0.1) is 5.60 Å². The molecule has 15 heavy (non-hydrogen) atoms. The van der Waals surface area contributed by atoms with Gasteiger partial charge in [-0.1, -0.05) is 0 Å². The zero-order valence-electron chi connectivity index (χ0n) is 9.66. The van der Waals surface area contributed by atoms with Gasteiger partial charge in [-0.05, 0) is 32.4 Å². The highest BCUT2D eigenvalue weighted by Crippen LogP contribution is 2.08. The van der Waals surface area contributed by atoms with Crippen molar-refractivity contribution < 1.29 is 4.84 Å². The van der Waals surface area contributed by atoms with Crippen molar-refractivity contribution in [2.45, 2.75) is 32.9 Å². The Kier molecular flexibility index (Phi) is 3.51. The molecule has 0 aliphatic rings. The zero-order valence-corrected chi connectivity index (χ0v) is 9.66. The third kappa shape index (κ3) is 3.74. The molecule has 0 radical (unpaired) electrons. The summed E-state index contributed by atoms with van der Waals surface area (Å²) in [6.45, 7) is 6.54. The van der Waals surface area contributed by atoms with E-state index in [0.29, 0.717) is 12.2 Å². The Morgan fingerprint density at radius 1 is 1.53 bits per heavy atom. The summed E-state index contributed by atoms with van der Waals surface area (Å²) >= 11 is 0. The summed E-state index contributed by atoms with van der Waals surface area (Å²) in [6, 6.07) is 3.96. The maximum Gasteiger partial charge on any atom is 0.120 e. The first kappa shape index (κ1) is 11.8. The molecular weight excluding hydrogens is 190 g/mol. The van der Waals surface area contributed by atoms with Crippen LogP contribution in [-0.4, -0.2) is 10.2 Å². The molecule has 0 unspecified atom stereocenters. The van der Waals surface area contributed by atoms with Crippen LogP contribution in [0, 0.1) is 11.3 Å². The summed E-state index contributed by atoms with van der Waals surface area (Å²) in [5.74, 6) is 0. The lowest BCUT2D eigenvalue weighted by atomic mass is 10.2. The topological polar surface area (TPSA) is 50.0 Å². The molecule has 1 aromatic heterocycles. The lowest BCUT2D eigenvalue weighted by Gasteiger charge is -2.18. The van der Waals surface area contributed by atoms with Gasteiger partial charge in [-0.15, -0.1) is 0 Å². The zero-order chi connectivity index (χ0) is 11.5. The van der Waals surface area contributed by atoms with E-state index in [0.717, 1.165) is 5.56 Å². The van der Waals surface area contributed by atoms with Crippen LogP contribution in [0.2, 0.25) is 0 Å². The predicted octanol–water partition coefficient (Wildman–Crippen LogP) is 1.72. The monoisotopic (exact) mass is 207 g/mol. The maximum atomic E-state index is 8.76. The van der Waals surface area contributed by atoms with E-state index in [1.54, 1.807) is 4.57 Å². The van der Waals surface area contributed by atoms with Crippen molar-refractivity contribution in [1.82, 2.24) is 10.0 Å². The molecule has 0 aromatic carbocycles. The fourth-order valence-electron chi connectivity index (χ4n) is 1.18. The molecule has 4 nitrogen and oxygen atoms in total. The lowest BCUT2D eigenvalue weighted by Crippen LogP contribution is -2.28. The van der Waals surface area contributed by atoms with Gasteiger partial charge in [0, 0.05) is 19.8 Å². The van der Waals surface area contributed by atoms with E-state index in [-0.39, 0.29) is 5.60 Å². The van der Waals surface area contributed by atoms with E-state index in [4.69, 9.17) is 10.1 Å². The van der Waals surface area contributed by atoms with Crippen LogP contribution in [0.5, 0.6) is 0 Å². The van der Waals surface area contributed by atoms with Crippen LogP contribution in [0.25, 0.3) is 0 Å². The Morgan fingerprint density at radius 2 is 2.20 bits per heavy atom. The molecule has 0 aliphatic heterocycles. The van der Waals surface area contributed by atoms with Crippen molar-refractivity contribution >= 4 is 0 Å². The first-order valence-electron chi connectivity index (χ1n) is 4.88. The van der Waals surface area contributed by atoms with Gasteiger partial charge in [-0.2, -0.15) is 10.7 Å². The van der Waals surface area contributed by atoms with E-state index >= 15 is 0 Å². The van der Waals surface area contributed by atoms with Crippen molar-refractivity contribution in [2.75, 3.05) is 0 Å². The smallest absolute Gasteiger partial charge is 0.120 e. The van der Waals surface area contributed by atoms with Crippen LogP contribution in [-0.2, 0) is 18.4 Å². The molecule has 0 spiro atoms. The summed E-state index contributed by atoms with van der Waals surface area (Å²) in [5.41, 5.74) is 4.38. The quantitative estimate of drug-likeness (QED) is 0.768. The van der Waals surface area contributed by atoms with Crippen LogP contribution in [0.1, 0.15) is 32.0 Å². The van der Waals surface area contributed by atoms with Crippen molar-refractivity contribution in [3.8, 4) is 6.07 Å². The molecule has 0 amide bonds. The molecule has 82 valence electrons. The summed E-state index contributed by atoms with van der Waals surface area (Å²) in [7, 11) is 1.85.